The number of carbonyl (C=O) groups is 1. The first-order valence-corrected chi connectivity index (χ1v) is 10.0. The molecule has 0 aliphatic heterocycles. The van der Waals surface area contributed by atoms with Crippen LogP contribution in [0.3, 0.4) is 0 Å². The van der Waals surface area contributed by atoms with E-state index >= 15 is 0 Å². The summed E-state index contributed by atoms with van der Waals surface area (Å²) in [5.74, 6) is -4.40. The quantitative estimate of drug-likeness (QED) is 0.247. The lowest BCUT2D eigenvalue weighted by Crippen LogP contribution is -2.34. The van der Waals surface area contributed by atoms with Crippen LogP contribution in [-0.2, 0) is 10.9 Å². The first-order valence-electron chi connectivity index (χ1n) is 9.23. The van der Waals surface area contributed by atoms with Gasteiger partial charge < -0.3 is 34.3 Å². The Kier molecular flexibility index (Phi) is 7.91. The lowest BCUT2D eigenvalue weighted by Gasteiger charge is -2.23. The van der Waals surface area contributed by atoms with Crippen LogP contribution >= 0.6 is 15.9 Å². The molecule has 0 saturated heterocycles. The molecular formula is C20H17BrF6O8. The summed E-state index contributed by atoms with van der Waals surface area (Å²) in [4.78, 5) is 12.7. The molecule has 2 aromatic rings. The Labute approximate surface area is 201 Å². The predicted molar refractivity (Wildman–Crippen MR) is 108 cm³/mol. The minimum Gasteiger partial charge on any atom is -0.456 e. The van der Waals surface area contributed by atoms with Crippen molar-refractivity contribution in [3.63, 3.8) is 0 Å². The van der Waals surface area contributed by atoms with Crippen LogP contribution in [0.4, 0.5) is 26.3 Å². The molecule has 0 aliphatic carbocycles. The number of ether oxygens (including phenoxy) is 4. The average molecular weight is 579 g/mol. The normalized spacial score (nSPS) is 12.8. The Morgan fingerprint density at radius 2 is 1.43 bits per heavy atom. The van der Waals surface area contributed by atoms with Gasteiger partial charge in [0.05, 0.1) is 5.56 Å². The van der Waals surface area contributed by atoms with Crippen molar-refractivity contribution in [3.8, 4) is 23.0 Å². The Morgan fingerprint density at radius 1 is 0.857 bits per heavy atom. The first-order chi connectivity index (χ1) is 15.7. The number of hydrogen-bond donors (Lipinski definition) is 3. The second-order valence-corrected chi connectivity index (χ2v) is 8.53. The van der Waals surface area contributed by atoms with Crippen molar-refractivity contribution in [1.82, 2.24) is 0 Å². The molecule has 0 bridgehead atoms. The number of halogens is 7. The van der Waals surface area contributed by atoms with E-state index in [9.17, 15) is 31.1 Å². The molecule has 0 fully saturated rings. The van der Waals surface area contributed by atoms with E-state index in [0.29, 0.717) is 18.2 Å². The van der Waals surface area contributed by atoms with Crippen molar-refractivity contribution in [1.29, 1.82) is 0 Å². The van der Waals surface area contributed by atoms with Gasteiger partial charge in [-0.15, -0.1) is 13.2 Å². The van der Waals surface area contributed by atoms with Gasteiger partial charge in [-0.05, 0) is 61.0 Å². The van der Waals surface area contributed by atoms with Crippen molar-refractivity contribution in [2.75, 3.05) is 0 Å². The molecule has 2 rings (SSSR count). The Balaban J connectivity index is 2.64. The fourth-order valence-corrected chi connectivity index (χ4v) is 3.21. The smallest absolute Gasteiger partial charge is 0.456 e. The van der Waals surface area contributed by atoms with E-state index in [-0.39, 0.29) is 0 Å². The van der Waals surface area contributed by atoms with Gasteiger partial charge in [0.2, 0.25) is 0 Å². The highest BCUT2D eigenvalue weighted by Crippen LogP contribution is 2.44. The van der Waals surface area contributed by atoms with Gasteiger partial charge in [-0.3, -0.25) is 0 Å². The number of hydrogen-bond acceptors (Lipinski definition) is 8. The molecule has 194 valence electrons. The van der Waals surface area contributed by atoms with Gasteiger partial charge in [0, 0.05) is 10.5 Å². The van der Waals surface area contributed by atoms with Crippen molar-refractivity contribution in [3.05, 3.63) is 45.9 Å². The molecular weight excluding hydrogens is 562 g/mol. The van der Waals surface area contributed by atoms with E-state index in [1.54, 1.807) is 0 Å². The minimum absolute atomic E-state index is 0.437. The lowest BCUT2D eigenvalue weighted by atomic mass is 10.1. The van der Waals surface area contributed by atoms with Gasteiger partial charge in [0.25, 0.3) is 0 Å². The maximum absolute atomic E-state index is 13.4. The van der Waals surface area contributed by atoms with E-state index in [0.717, 1.165) is 12.1 Å². The lowest BCUT2D eigenvalue weighted by molar-refractivity contribution is -0.419. The largest absolute Gasteiger partial charge is 0.573 e. The summed E-state index contributed by atoms with van der Waals surface area (Å²) in [6, 6.07) is 3.14. The summed E-state index contributed by atoms with van der Waals surface area (Å²) in [5.41, 5.74) is -3.16. The van der Waals surface area contributed by atoms with Crippen molar-refractivity contribution in [2.45, 2.75) is 45.1 Å². The minimum atomic E-state index is -5.16. The van der Waals surface area contributed by atoms with Gasteiger partial charge in [0.15, 0.2) is 11.5 Å². The molecule has 15 heteroatoms. The predicted octanol–water partition coefficient (Wildman–Crippen LogP) is 5.08. The highest BCUT2D eigenvalue weighted by Gasteiger charge is 2.37. The molecule has 0 amide bonds. The second-order valence-electron chi connectivity index (χ2n) is 7.73. The van der Waals surface area contributed by atoms with Gasteiger partial charge in [-0.1, -0.05) is 0 Å². The van der Waals surface area contributed by atoms with Crippen LogP contribution in [-0.4, -0.2) is 39.4 Å². The molecule has 0 radical (unpaired) electrons. The number of esters is 1. The second kappa shape index (κ2) is 9.72. The summed E-state index contributed by atoms with van der Waals surface area (Å²) >= 11 is 2.70. The highest BCUT2D eigenvalue weighted by atomic mass is 79.9. The summed E-state index contributed by atoms with van der Waals surface area (Å²) in [6.45, 7) is 4.34. The number of alkyl halides is 6. The van der Waals surface area contributed by atoms with E-state index in [1.807, 2.05) is 0 Å². The molecule has 0 unspecified atom stereocenters. The van der Waals surface area contributed by atoms with Crippen molar-refractivity contribution >= 4 is 21.9 Å². The summed E-state index contributed by atoms with van der Waals surface area (Å²) in [5, 5.41) is 27.3. The number of aliphatic hydroxyl groups is 3. The Morgan fingerprint density at radius 3 is 1.91 bits per heavy atom. The third-order valence-electron chi connectivity index (χ3n) is 3.63. The van der Waals surface area contributed by atoms with E-state index in [2.05, 4.69) is 25.4 Å². The van der Waals surface area contributed by atoms with E-state index in [4.69, 9.17) is 24.8 Å². The fraction of sp³-hybridized carbons (Fsp3) is 0.350. The standard InChI is InChI=1S/C20H17BrF6O8/c1-17(2,3)35-16(28)14-12(7-5-10(15(14)21)18(22,23)24)32-11-6-4-9(33-19(25,26)27)8-13(11)34-20(29,30)31/h4-8,29-31H,1-3H3. The molecule has 0 spiro atoms. The van der Waals surface area contributed by atoms with Gasteiger partial charge in [0.1, 0.15) is 22.7 Å². The maximum Gasteiger partial charge on any atom is 0.573 e. The van der Waals surface area contributed by atoms with Crippen LogP contribution in [0, 0.1) is 0 Å². The monoisotopic (exact) mass is 578 g/mol. The van der Waals surface area contributed by atoms with Crippen molar-refractivity contribution in [2.24, 2.45) is 0 Å². The highest BCUT2D eigenvalue weighted by molar-refractivity contribution is 9.10. The number of carbonyl (C=O) groups excluding carboxylic acids is 1. The summed E-state index contributed by atoms with van der Waals surface area (Å²) in [7, 11) is 0. The van der Waals surface area contributed by atoms with Gasteiger partial charge in [-0.2, -0.15) is 13.2 Å². The van der Waals surface area contributed by atoms with E-state index in [1.165, 1.54) is 20.8 Å². The SMILES string of the molecule is CC(C)(C)OC(=O)c1c(Oc2ccc(OC(F)(F)F)cc2OC(O)(O)O)ccc(C(F)(F)F)c1Br. The average Bonchev–Trinajstić information content (AvgIpc) is 2.58. The van der Waals surface area contributed by atoms with E-state index < -0.39 is 68.9 Å². The third kappa shape index (κ3) is 8.45. The van der Waals surface area contributed by atoms with Crippen LogP contribution in [0.2, 0.25) is 0 Å². The molecule has 8 nitrogen and oxygen atoms in total. The zero-order chi connectivity index (χ0) is 27.0. The number of benzene rings is 2. The molecule has 0 saturated carbocycles. The maximum atomic E-state index is 13.4. The van der Waals surface area contributed by atoms with Crippen molar-refractivity contribution < 1.29 is 65.4 Å². The van der Waals surface area contributed by atoms with Crippen LogP contribution in [0.5, 0.6) is 23.0 Å². The van der Waals surface area contributed by atoms with Crippen LogP contribution in [0.25, 0.3) is 0 Å². The molecule has 35 heavy (non-hydrogen) atoms. The third-order valence-corrected chi connectivity index (χ3v) is 4.45. The fourth-order valence-electron chi connectivity index (χ4n) is 2.50. The molecule has 2 aromatic carbocycles. The first kappa shape index (κ1) is 28.5. The Hall–Kier alpha value is -2.75. The number of rotatable bonds is 6. The summed E-state index contributed by atoms with van der Waals surface area (Å²) < 4.78 is 95.4. The molecule has 0 heterocycles. The summed E-state index contributed by atoms with van der Waals surface area (Å²) in [6.07, 6.45) is -14.0. The zero-order valence-electron chi connectivity index (χ0n) is 17.9. The Bertz CT molecular complexity index is 1090. The topological polar surface area (TPSA) is 115 Å². The van der Waals surface area contributed by atoms with Gasteiger partial charge >= 0.3 is 24.7 Å². The molecule has 3 N–H and O–H groups in total. The van der Waals surface area contributed by atoms with Crippen LogP contribution < -0.4 is 14.2 Å². The molecule has 0 aromatic heterocycles. The van der Waals surface area contributed by atoms with Crippen LogP contribution in [0.1, 0.15) is 36.7 Å². The molecule has 0 aliphatic rings. The molecule has 0 atom stereocenters. The van der Waals surface area contributed by atoms with Gasteiger partial charge in [-0.25, -0.2) is 4.79 Å². The van der Waals surface area contributed by atoms with Crippen LogP contribution in [0.15, 0.2) is 34.8 Å². The zero-order valence-corrected chi connectivity index (χ0v) is 19.5.